The Bertz CT molecular complexity index is 787. The monoisotopic (exact) mass is 294 g/mol. The van der Waals surface area contributed by atoms with Crippen LogP contribution < -0.4 is 0 Å². The Labute approximate surface area is 129 Å². The molecule has 1 saturated heterocycles. The van der Waals surface area contributed by atoms with Gasteiger partial charge in [-0.1, -0.05) is 36.4 Å². The average Bonchev–Trinajstić information content (AvgIpc) is 3.20. The number of aromatic amines is 1. The maximum atomic E-state index is 14.4. The number of halogens is 1. The van der Waals surface area contributed by atoms with Crippen molar-refractivity contribution in [2.24, 2.45) is 0 Å². The second-order valence-corrected chi connectivity index (χ2v) is 5.96. The van der Waals surface area contributed by atoms with Crippen molar-refractivity contribution in [1.82, 2.24) is 9.88 Å². The second kappa shape index (κ2) is 5.58. The predicted octanol–water partition coefficient (Wildman–Crippen LogP) is 4.49. The van der Waals surface area contributed by atoms with Crippen molar-refractivity contribution in [2.75, 3.05) is 13.1 Å². The van der Waals surface area contributed by atoms with Gasteiger partial charge in [-0.2, -0.15) is 0 Å². The minimum Gasteiger partial charge on any atom is -0.361 e. The quantitative estimate of drug-likeness (QED) is 0.754. The molecule has 0 saturated carbocycles. The Morgan fingerprint density at radius 3 is 2.45 bits per heavy atom. The highest BCUT2D eigenvalue weighted by Gasteiger charge is 2.28. The molecule has 1 atom stereocenters. The highest BCUT2D eigenvalue weighted by atomic mass is 19.1. The van der Waals surface area contributed by atoms with Gasteiger partial charge >= 0.3 is 0 Å². The van der Waals surface area contributed by atoms with E-state index >= 15 is 0 Å². The molecule has 1 unspecified atom stereocenters. The summed E-state index contributed by atoms with van der Waals surface area (Å²) < 4.78 is 14.4. The van der Waals surface area contributed by atoms with Gasteiger partial charge in [-0.05, 0) is 43.6 Å². The van der Waals surface area contributed by atoms with Gasteiger partial charge in [0.1, 0.15) is 5.82 Å². The third kappa shape index (κ3) is 2.22. The summed E-state index contributed by atoms with van der Waals surface area (Å²) in [7, 11) is 0. The van der Waals surface area contributed by atoms with Gasteiger partial charge in [0.05, 0.1) is 6.04 Å². The van der Waals surface area contributed by atoms with Crippen molar-refractivity contribution in [2.45, 2.75) is 18.9 Å². The molecule has 0 aliphatic carbocycles. The van der Waals surface area contributed by atoms with Gasteiger partial charge < -0.3 is 4.98 Å². The molecule has 2 nitrogen and oxygen atoms in total. The Hall–Kier alpha value is -2.13. The minimum absolute atomic E-state index is 0.0140. The molecule has 0 spiro atoms. The zero-order valence-electron chi connectivity index (χ0n) is 12.4. The van der Waals surface area contributed by atoms with Crippen LogP contribution in [0.3, 0.4) is 0 Å². The first kappa shape index (κ1) is 13.5. The lowest BCUT2D eigenvalue weighted by molar-refractivity contribution is 0.277. The van der Waals surface area contributed by atoms with Gasteiger partial charge in [0.25, 0.3) is 0 Å². The van der Waals surface area contributed by atoms with Gasteiger partial charge in [-0.3, -0.25) is 4.90 Å². The summed E-state index contributed by atoms with van der Waals surface area (Å²) in [5, 5.41) is 1.18. The van der Waals surface area contributed by atoms with Crippen molar-refractivity contribution < 1.29 is 4.39 Å². The van der Waals surface area contributed by atoms with Gasteiger partial charge in [0, 0.05) is 22.7 Å². The number of likely N-dealkylation sites (tertiary alicyclic amines) is 1. The number of hydrogen-bond acceptors (Lipinski definition) is 1. The summed E-state index contributed by atoms with van der Waals surface area (Å²) >= 11 is 0. The first-order chi connectivity index (χ1) is 10.8. The topological polar surface area (TPSA) is 19.0 Å². The molecule has 1 fully saturated rings. The molecule has 0 radical (unpaired) electrons. The summed E-state index contributed by atoms with van der Waals surface area (Å²) in [5.41, 5.74) is 3.05. The zero-order chi connectivity index (χ0) is 14.9. The molecule has 2 heterocycles. The van der Waals surface area contributed by atoms with E-state index < -0.39 is 0 Å². The maximum Gasteiger partial charge on any atom is 0.128 e. The number of aromatic nitrogens is 1. The third-order valence-electron chi connectivity index (χ3n) is 4.62. The van der Waals surface area contributed by atoms with E-state index in [1.54, 1.807) is 12.1 Å². The summed E-state index contributed by atoms with van der Waals surface area (Å²) in [5.74, 6) is -0.121. The van der Waals surface area contributed by atoms with Crippen LogP contribution in [0.1, 0.15) is 30.0 Å². The molecular weight excluding hydrogens is 275 g/mol. The van der Waals surface area contributed by atoms with Crippen LogP contribution in [0, 0.1) is 5.82 Å². The highest BCUT2D eigenvalue weighted by molar-refractivity contribution is 5.84. The SMILES string of the molecule is Fc1ccccc1C(c1c[nH]c2ccccc12)N1CCCC1. The van der Waals surface area contributed by atoms with E-state index in [-0.39, 0.29) is 11.9 Å². The molecule has 1 aliphatic heterocycles. The fourth-order valence-corrected chi connectivity index (χ4v) is 3.58. The summed E-state index contributed by atoms with van der Waals surface area (Å²) in [6.45, 7) is 2.05. The number of nitrogens with one attached hydrogen (secondary N) is 1. The van der Waals surface area contributed by atoms with Crippen molar-refractivity contribution in [3.8, 4) is 0 Å². The molecule has 22 heavy (non-hydrogen) atoms. The number of para-hydroxylation sites is 1. The van der Waals surface area contributed by atoms with Crippen LogP contribution in [0.25, 0.3) is 10.9 Å². The lowest BCUT2D eigenvalue weighted by atomic mass is 9.96. The van der Waals surface area contributed by atoms with Crippen molar-refractivity contribution in [3.05, 3.63) is 71.7 Å². The molecule has 2 aromatic carbocycles. The molecule has 4 rings (SSSR count). The van der Waals surface area contributed by atoms with E-state index in [0.717, 1.165) is 24.2 Å². The summed E-state index contributed by atoms with van der Waals surface area (Å²) in [4.78, 5) is 5.73. The predicted molar refractivity (Wildman–Crippen MR) is 87.3 cm³/mol. The van der Waals surface area contributed by atoms with Crippen LogP contribution >= 0.6 is 0 Å². The smallest absolute Gasteiger partial charge is 0.128 e. The lowest BCUT2D eigenvalue weighted by Gasteiger charge is -2.28. The summed E-state index contributed by atoms with van der Waals surface area (Å²) in [6, 6.07) is 15.4. The van der Waals surface area contributed by atoms with Crippen molar-refractivity contribution >= 4 is 10.9 Å². The number of rotatable bonds is 3. The Balaban J connectivity index is 1.89. The van der Waals surface area contributed by atoms with Crippen LogP contribution in [0.5, 0.6) is 0 Å². The first-order valence-corrected chi connectivity index (χ1v) is 7.89. The van der Waals surface area contributed by atoms with Crippen LogP contribution in [0.15, 0.2) is 54.7 Å². The summed E-state index contributed by atoms with van der Waals surface area (Å²) in [6.07, 6.45) is 4.42. The molecule has 1 aromatic heterocycles. The van der Waals surface area contributed by atoms with Crippen LogP contribution in [0.4, 0.5) is 4.39 Å². The van der Waals surface area contributed by atoms with Gasteiger partial charge in [0.2, 0.25) is 0 Å². The molecule has 1 N–H and O–H groups in total. The van der Waals surface area contributed by atoms with E-state index in [4.69, 9.17) is 0 Å². The van der Waals surface area contributed by atoms with Gasteiger partial charge in [-0.15, -0.1) is 0 Å². The first-order valence-electron chi connectivity index (χ1n) is 7.89. The van der Waals surface area contributed by atoms with E-state index in [1.165, 1.54) is 23.8 Å². The standard InChI is InChI=1S/C19H19FN2/c20-17-9-3-1-8-15(17)19(22-11-5-6-12-22)16-13-21-18-10-4-2-7-14(16)18/h1-4,7-10,13,19,21H,5-6,11-12H2. The van der Waals surface area contributed by atoms with Crippen LogP contribution in [-0.2, 0) is 0 Å². The van der Waals surface area contributed by atoms with Crippen molar-refractivity contribution in [3.63, 3.8) is 0 Å². The minimum atomic E-state index is -0.121. The fourth-order valence-electron chi connectivity index (χ4n) is 3.58. The van der Waals surface area contributed by atoms with Gasteiger partial charge in [0.15, 0.2) is 0 Å². The molecule has 112 valence electrons. The number of hydrogen-bond donors (Lipinski definition) is 1. The Morgan fingerprint density at radius 2 is 1.64 bits per heavy atom. The number of H-pyrrole nitrogens is 1. The van der Waals surface area contributed by atoms with Gasteiger partial charge in [-0.25, -0.2) is 4.39 Å². The normalized spacial score (nSPS) is 17.1. The van der Waals surface area contributed by atoms with E-state index in [2.05, 4.69) is 22.0 Å². The highest BCUT2D eigenvalue weighted by Crippen LogP contribution is 2.36. The average molecular weight is 294 g/mol. The van der Waals surface area contributed by atoms with E-state index in [9.17, 15) is 4.39 Å². The fraction of sp³-hybridized carbons (Fsp3) is 0.263. The Morgan fingerprint density at radius 1 is 0.909 bits per heavy atom. The molecular formula is C19H19FN2. The lowest BCUT2D eigenvalue weighted by Crippen LogP contribution is -2.27. The van der Waals surface area contributed by atoms with Crippen LogP contribution in [0.2, 0.25) is 0 Å². The molecule has 0 bridgehead atoms. The van der Waals surface area contributed by atoms with E-state index in [0.29, 0.717) is 0 Å². The molecule has 3 aromatic rings. The Kier molecular flexibility index (Phi) is 3.43. The molecule has 1 aliphatic rings. The zero-order valence-corrected chi connectivity index (χ0v) is 12.4. The number of fused-ring (bicyclic) bond motifs is 1. The maximum absolute atomic E-state index is 14.4. The third-order valence-corrected chi connectivity index (χ3v) is 4.62. The molecule has 0 amide bonds. The van der Waals surface area contributed by atoms with E-state index in [1.807, 2.05) is 30.5 Å². The van der Waals surface area contributed by atoms with Crippen molar-refractivity contribution in [1.29, 1.82) is 0 Å². The second-order valence-electron chi connectivity index (χ2n) is 5.96. The van der Waals surface area contributed by atoms with Crippen LogP contribution in [-0.4, -0.2) is 23.0 Å². The number of benzene rings is 2. The molecule has 3 heteroatoms. The largest absolute Gasteiger partial charge is 0.361 e. The number of nitrogens with zero attached hydrogens (tertiary/aromatic N) is 1.